The molecule has 0 spiro atoms. The van der Waals surface area contributed by atoms with Gasteiger partial charge in [0.25, 0.3) is 0 Å². The van der Waals surface area contributed by atoms with Gasteiger partial charge in [-0.2, -0.15) is 0 Å². The molecular formula is C17H18ClFO2. The Morgan fingerprint density at radius 3 is 2.29 bits per heavy atom. The first-order valence-corrected chi connectivity index (χ1v) is 7.38. The highest BCUT2D eigenvalue weighted by Crippen LogP contribution is 2.35. The predicted molar refractivity (Wildman–Crippen MR) is 82.9 cm³/mol. The summed E-state index contributed by atoms with van der Waals surface area (Å²) in [6, 6.07) is 11.8. The van der Waals surface area contributed by atoms with E-state index in [1.807, 2.05) is 32.0 Å². The van der Waals surface area contributed by atoms with Crippen molar-refractivity contribution in [3.05, 3.63) is 59.4 Å². The van der Waals surface area contributed by atoms with Gasteiger partial charge in [0, 0.05) is 0 Å². The molecule has 2 nitrogen and oxygen atoms in total. The van der Waals surface area contributed by atoms with Gasteiger partial charge in [-0.15, -0.1) is 11.6 Å². The van der Waals surface area contributed by atoms with Gasteiger partial charge >= 0.3 is 0 Å². The molecule has 112 valence electrons. The van der Waals surface area contributed by atoms with E-state index < -0.39 is 5.38 Å². The minimum atomic E-state index is -0.435. The van der Waals surface area contributed by atoms with Gasteiger partial charge in [0.1, 0.15) is 5.82 Å². The Balaban J connectivity index is 2.32. The normalized spacial score (nSPS) is 12.0. The van der Waals surface area contributed by atoms with E-state index in [2.05, 4.69) is 0 Å². The molecule has 0 bridgehead atoms. The SMILES string of the molecule is CCOc1ccc(C(Cl)c2cccc(F)c2)cc1OCC. The standard InChI is InChI=1S/C17H18ClFO2/c1-3-20-15-9-8-13(11-16(15)21-4-2)17(18)12-6-5-7-14(19)10-12/h5-11,17H,3-4H2,1-2H3. The molecule has 0 aliphatic carbocycles. The van der Waals surface area contributed by atoms with Crippen molar-refractivity contribution in [1.82, 2.24) is 0 Å². The van der Waals surface area contributed by atoms with Crippen LogP contribution in [-0.4, -0.2) is 13.2 Å². The van der Waals surface area contributed by atoms with Gasteiger partial charge in [-0.05, 0) is 49.2 Å². The van der Waals surface area contributed by atoms with Crippen molar-refractivity contribution in [3.63, 3.8) is 0 Å². The summed E-state index contributed by atoms with van der Waals surface area (Å²) in [6.07, 6.45) is 0. The van der Waals surface area contributed by atoms with Crippen LogP contribution >= 0.6 is 11.6 Å². The van der Waals surface area contributed by atoms with E-state index in [1.165, 1.54) is 12.1 Å². The summed E-state index contributed by atoms with van der Waals surface area (Å²) in [5.41, 5.74) is 1.55. The first kappa shape index (κ1) is 15.6. The summed E-state index contributed by atoms with van der Waals surface area (Å²) in [5.74, 6) is 1.04. The van der Waals surface area contributed by atoms with Crippen molar-refractivity contribution in [2.24, 2.45) is 0 Å². The highest BCUT2D eigenvalue weighted by atomic mass is 35.5. The molecule has 2 rings (SSSR count). The van der Waals surface area contributed by atoms with Gasteiger partial charge < -0.3 is 9.47 Å². The van der Waals surface area contributed by atoms with Crippen molar-refractivity contribution in [2.45, 2.75) is 19.2 Å². The summed E-state index contributed by atoms with van der Waals surface area (Å²) in [4.78, 5) is 0. The Hall–Kier alpha value is -1.74. The average Bonchev–Trinajstić information content (AvgIpc) is 2.49. The fraction of sp³-hybridized carbons (Fsp3) is 0.294. The molecule has 1 atom stereocenters. The monoisotopic (exact) mass is 308 g/mol. The van der Waals surface area contributed by atoms with Crippen LogP contribution in [0, 0.1) is 5.82 Å². The van der Waals surface area contributed by atoms with Gasteiger partial charge in [0.2, 0.25) is 0 Å². The van der Waals surface area contributed by atoms with Gasteiger partial charge in [-0.1, -0.05) is 18.2 Å². The molecule has 21 heavy (non-hydrogen) atoms. The fourth-order valence-electron chi connectivity index (χ4n) is 2.08. The summed E-state index contributed by atoms with van der Waals surface area (Å²) in [5, 5.41) is -0.435. The highest BCUT2D eigenvalue weighted by molar-refractivity contribution is 6.22. The third kappa shape index (κ3) is 3.88. The van der Waals surface area contributed by atoms with E-state index >= 15 is 0 Å². The quantitative estimate of drug-likeness (QED) is 0.703. The van der Waals surface area contributed by atoms with Crippen molar-refractivity contribution in [1.29, 1.82) is 0 Å². The summed E-state index contributed by atoms with van der Waals surface area (Å²) >= 11 is 6.44. The topological polar surface area (TPSA) is 18.5 Å². The minimum absolute atomic E-state index is 0.297. The van der Waals surface area contributed by atoms with E-state index in [1.54, 1.807) is 12.1 Å². The molecule has 0 amide bonds. The van der Waals surface area contributed by atoms with Crippen LogP contribution in [0.5, 0.6) is 11.5 Å². The van der Waals surface area contributed by atoms with E-state index in [0.29, 0.717) is 30.3 Å². The number of halogens is 2. The van der Waals surface area contributed by atoms with Crippen LogP contribution in [0.1, 0.15) is 30.4 Å². The zero-order chi connectivity index (χ0) is 15.2. The molecule has 1 unspecified atom stereocenters. The van der Waals surface area contributed by atoms with Crippen molar-refractivity contribution in [3.8, 4) is 11.5 Å². The first-order valence-electron chi connectivity index (χ1n) is 6.94. The molecule has 0 saturated heterocycles. The Kier molecular flexibility index (Phi) is 5.45. The fourth-order valence-corrected chi connectivity index (χ4v) is 2.35. The maximum Gasteiger partial charge on any atom is 0.161 e. The molecule has 0 N–H and O–H groups in total. The number of rotatable bonds is 6. The molecule has 4 heteroatoms. The minimum Gasteiger partial charge on any atom is -0.490 e. The number of hydrogen-bond acceptors (Lipinski definition) is 2. The molecule has 0 fully saturated rings. The van der Waals surface area contributed by atoms with Crippen LogP contribution in [0.3, 0.4) is 0 Å². The molecule has 0 heterocycles. The zero-order valence-corrected chi connectivity index (χ0v) is 12.9. The average molecular weight is 309 g/mol. The Morgan fingerprint density at radius 2 is 1.62 bits per heavy atom. The maximum absolute atomic E-state index is 13.3. The molecule has 0 saturated carbocycles. The Morgan fingerprint density at radius 1 is 0.952 bits per heavy atom. The number of benzene rings is 2. The van der Waals surface area contributed by atoms with Gasteiger partial charge in [0.15, 0.2) is 11.5 Å². The van der Waals surface area contributed by atoms with E-state index in [0.717, 1.165) is 5.56 Å². The second kappa shape index (κ2) is 7.32. The van der Waals surface area contributed by atoms with Crippen LogP contribution in [-0.2, 0) is 0 Å². The largest absolute Gasteiger partial charge is 0.490 e. The van der Waals surface area contributed by atoms with Crippen molar-refractivity contribution < 1.29 is 13.9 Å². The van der Waals surface area contributed by atoms with Crippen LogP contribution < -0.4 is 9.47 Å². The molecule has 0 aliphatic heterocycles. The summed E-state index contributed by atoms with van der Waals surface area (Å²) < 4.78 is 24.4. The number of ether oxygens (including phenoxy) is 2. The zero-order valence-electron chi connectivity index (χ0n) is 12.1. The lowest BCUT2D eigenvalue weighted by Gasteiger charge is -2.15. The van der Waals surface area contributed by atoms with Gasteiger partial charge in [-0.3, -0.25) is 0 Å². The third-order valence-electron chi connectivity index (χ3n) is 3.00. The second-order valence-electron chi connectivity index (χ2n) is 4.49. The third-order valence-corrected chi connectivity index (χ3v) is 3.51. The van der Waals surface area contributed by atoms with Gasteiger partial charge in [0.05, 0.1) is 18.6 Å². The highest BCUT2D eigenvalue weighted by Gasteiger charge is 2.15. The molecule has 0 aliphatic rings. The number of hydrogen-bond donors (Lipinski definition) is 0. The van der Waals surface area contributed by atoms with Crippen LogP contribution in [0.25, 0.3) is 0 Å². The maximum atomic E-state index is 13.3. The Labute approximate surface area is 129 Å². The van der Waals surface area contributed by atoms with E-state index in [-0.39, 0.29) is 5.82 Å². The van der Waals surface area contributed by atoms with Crippen LogP contribution in [0.4, 0.5) is 4.39 Å². The predicted octanol–water partition coefficient (Wildman–Crippen LogP) is 4.95. The van der Waals surface area contributed by atoms with Gasteiger partial charge in [-0.25, -0.2) is 4.39 Å². The molecule has 0 aromatic heterocycles. The summed E-state index contributed by atoms with van der Waals surface area (Å²) in [6.45, 7) is 4.93. The molecule has 2 aromatic carbocycles. The van der Waals surface area contributed by atoms with E-state index in [9.17, 15) is 4.39 Å². The lowest BCUT2D eigenvalue weighted by atomic mass is 10.0. The van der Waals surface area contributed by atoms with Crippen LogP contribution in [0.15, 0.2) is 42.5 Å². The number of alkyl halides is 1. The molecule has 2 aromatic rings. The first-order chi connectivity index (χ1) is 10.2. The molecular weight excluding hydrogens is 291 g/mol. The molecule has 0 radical (unpaired) electrons. The summed E-state index contributed by atoms with van der Waals surface area (Å²) in [7, 11) is 0. The second-order valence-corrected chi connectivity index (χ2v) is 4.93. The smallest absolute Gasteiger partial charge is 0.161 e. The van der Waals surface area contributed by atoms with Crippen LogP contribution in [0.2, 0.25) is 0 Å². The van der Waals surface area contributed by atoms with Crippen molar-refractivity contribution >= 4 is 11.6 Å². The lowest BCUT2D eigenvalue weighted by molar-refractivity contribution is 0.287. The van der Waals surface area contributed by atoms with E-state index in [4.69, 9.17) is 21.1 Å². The lowest BCUT2D eigenvalue weighted by Crippen LogP contribution is -2.01. The van der Waals surface area contributed by atoms with Crippen molar-refractivity contribution in [2.75, 3.05) is 13.2 Å². The Bertz CT molecular complexity index is 601.